The second kappa shape index (κ2) is 38.4. The van der Waals surface area contributed by atoms with Gasteiger partial charge in [-0.15, -0.1) is 0 Å². The molecule has 0 radical (unpaired) electrons. The van der Waals surface area contributed by atoms with Gasteiger partial charge in [-0.25, -0.2) is 9.59 Å². The van der Waals surface area contributed by atoms with Crippen molar-refractivity contribution in [1.29, 1.82) is 0 Å². The number of hydrogen-bond acceptors (Lipinski definition) is 15. The summed E-state index contributed by atoms with van der Waals surface area (Å²) in [5.74, 6) is -6.02. The number of hydrogen-bond donors (Lipinski definition) is 8. The van der Waals surface area contributed by atoms with Gasteiger partial charge in [-0.1, -0.05) is 118 Å². The third-order valence-corrected chi connectivity index (χ3v) is 17.7. The van der Waals surface area contributed by atoms with Crippen molar-refractivity contribution in [3.63, 3.8) is 0 Å². The van der Waals surface area contributed by atoms with Crippen LogP contribution in [0.15, 0.2) is 66.7 Å². The third-order valence-electron chi connectivity index (χ3n) is 17.7. The number of ether oxygens (including phenoxy) is 3. The molecule has 1 fully saturated rings. The van der Waals surface area contributed by atoms with Gasteiger partial charge in [-0.2, -0.15) is 0 Å². The molecule has 522 valence electrons. The predicted molar refractivity (Wildman–Crippen MR) is 353 cm³/mol. The zero-order chi connectivity index (χ0) is 70.1. The van der Waals surface area contributed by atoms with Gasteiger partial charge in [0.1, 0.15) is 30.8 Å². The molecule has 2 heterocycles. The van der Waals surface area contributed by atoms with Gasteiger partial charge in [0.25, 0.3) is 11.8 Å². The average Bonchev–Trinajstić information content (AvgIpc) is 1.33. The van der Waals surface area contributed by atoms with Crippen molar-refractivity contribution >= 4 is 71.0 Å². The second-order valence-corrected chi connectivity index (χ2v) is 25.8. The van der Waals surface area contributed by atoms with E-state index in [2.05, 4.69) is 31.9 Å². The van der Waals surface area contributed by atoms with Crippen molar-refractivity contribution < 1.29 is 72.1 Å². The number of benzene rings is 2. The summed E-state index contributed by atoms with van der Waals surface area (Å²) >= 11 is 0. The third kappa shape index (κ3) is 22.9. The number of imide groups is 1. The van der Waals surface area contributed by atoms with Crippen LogP contribution in [0.25, 0.3) is 0 Å². The monoisotopic (exact) mass is 1320 g/mol. The Bertz CT molecular complexity index is 2880. The molecule has 9 N–H and O–H groups in total. The standard InChI is InChI=1S/C68H105N11O15/c1-15-43(8)59(51(92-13)38-55(83)78-37-23-27-50(78)61(93-14)44(9)62(85)71-45(10)60(84)47-24-18-16-19-25-47)76(11)66(89)57(41(4)5)75-65(88)58(42(6)7)77(12)68(91)94-39-46-29-31-48(32-30-46)72-63(86)49(26-22-35-70-67(69)90)73-64(87)56(40(2)3)74-52(80)28-20-17-21-36-79-53(81)33-34-54(79)82/h16,18-19,24-25,29-34,40-45,49-51,56-61,84H,15,17,20-23,26-28,35-39H2,1-14H3,(H,71,85)(H,72,86)(H,73,87)(H,74,80)(H,75,88)(H3,69,70,90)/t43-,44+,45+,49-,50-,51+,56-,57?,58-,59-,60+,61-/m0/s1. The number of unbranched alkanes of at least 4 members (excludes halogenated alkanes) is 2. The molecule has 0 bridgehead atoms. The van der Waals surface area contributed by atoms with Gasteiger partial charge < -0.3 is 66.8 Å². The van der Waals surface area contributed by atoms with E-state index in [1.807, 2.05) is 32.0 Å². The highest BCUT2D eigenvalue weighted by molar-refractivity contribution is 6.12. The lowest BCUT2D eigenvalue weighted by Crippen LogP contribution is -2.60. The van der Waals surface area contributed by atoms with Crippen LogP contribution < -0.4 is 37.6 Å². The van der Waals surface area contributed by atoms with Gasteiger partial charge in [0.05, 0.1) is 48.8 Å². The molecule has 94 heavy (non-hydrogen) atoms. The van der Waals surface area contributed by atoms with E-state index >= 15 is 0 Å². The Morgan fingerprint density at radius 1 is 0.713 bits per heavy atom. The van der Waals surface area contributed by atoms with Crippen LogP contribution in [0.5, 0.6) is 0 Å². The molecule has 0 spiro atoms. The first-order chi connectivity index (χ1) is 44.5. The van der Waals surface area contributed by atoms with Crippen LogP contribution in [-0.2, 0) is 64.0 Å². The molecule has 4 rings (SSSR count). The molecule has 2 aromatic carbocycles. The maximum absolute atomic E-state index is 14.8. The summed E-state index contributed by atoms with van der Waals surface area (Å²) in [4.78, 5) is 152. The molecule has 2 aliphatic rings. The van der Waals surface area contributed by atoms with E-state index in [0.717, 1.165) is 4.90 Å². The number of nitrogens with one attached hydrogen (secondary N) is 6. The topological polar surface area (TPSA) is 347 Å². The second-order valence-electron chi connectivity index (χ2n) is 25.8. The minimum absolute atomic E-state index is 0.0841. The van der Waals surface area contributed by atoms with E-state index in [0.29, 0.717) is 61.9 Å². The number of likely N-dealkylation sites (tertiary alicyclic amines) is 1. The SMILES string of the molecule is CC[C@H](C)[C@@H]([C@@H](CC(=O)N1CCC[C@H]1[C@@H](OC)[C@@H](C)C(=O)N[C@H](C)[C@@H](O)c1ccccc1)OC)N(C)C(=O)C(NC(=O)[C@H](C(C)C)N(C)C(=O)OCc1ccc(NC(=O)[C@H](CCCNC(N)=O)NC(=O)[C@@H](NC(=O)CCCCCN2C(=O)C=CC2=O)C(C)C)cc1)C(C)C. The van der Waals surface area contributed by atoms with Crippen molar-refractivity contribution in [1.82, 2.24) is 46.2 Å². The predicted octanol–water partition coefficient (Wildman–Crippen LogP) is 5.08. The van der Waals surface area contributed by atoms with Crippen LogP contribution in [0.4, 0.5) is 15.3 Å². The first kappa shape index (κ1) is 78.5. The van der Waals surface area contributed by atoms with Crippen LogP contribution in [0.3, 0.4) is 0 Å². The molecule has 26 nitrogen and oxygen atoms in total. The minimum Gasteiger partial charge on any atom is -0.445 e. The van der Waals surface area contributed by atoms with Crippen molar-refractivity contribution in [2.75, 3.05) is 53.3 Å². The minimum atomic E-state index is -1.11. The van der Waals surface area contributed by atoms with E-state index in [-0.39, 0.29) is 86.8 Å². The Labute approximate surface area is 554 Å². The number of anilines is 1. The number of urea groups is 1. The molecule has 12 amide bonds. The van der Waals surface area contributed by atoms with Crippen LogP contribution in [0.1, 0.15) is 151 Å². The van der Waals surface area contributed by atoms with Gasteiger partial charge >= 0.3 is 12.1 Å². The fraction of sp³-hybridized carbons (Fsp3) is 0.632. The summed E-state index contributed by atoms with van der Waals surface area (Å²) in [5, 5.41) is 27.6. The summed E-state index contributed by atoms with van der Waals surface area (Å²) in [6, 6.07) is 8.74. The molecule has 0 saturated carbocycles. The molecule has 12 atom stereocenters. The van der Waals surface area contributed by atoms with Crippen molar-refractivity contribution in [2.45, 2.75) is 201 Å². The Balaban J connectivity index is 1.37. The number of amides is 12. The van der Waals surface area contributed by atoms with Crippen molar-refractivity contribution in [3.8, 4) is 0 Å². The molecule has 26 heteroatoms. The lowest BCUT2D eigenvalue weighted by molar-refractivity contribution is -0.148. The Kier molecular flexibility index (Phi) is 32.1. The number of carbonyl (C=O) groups excluding carboxylic acids is 11. The zero-order valence-electron chi connectivity index (χ0n) is 57.4. The summed E-state index contributed by atoms with van der Waals surface area (Å²) in [7, 11) is 6.08. The lowest BCUT2D eigenvalue weighted by Gasteiger charge is -2.41. The van der Waals surface area contributed by atoms with Crippen molar-refractivity contribution in [2.24, 2.45) is 35.3 Å². The lowest BCUT2D eigenvalue weighted by atomic mass is 9.89. The average molecular weight is 1320 g/mol. The molecule has 1 saturated heterocycles. The van der Waals surface area contributed by atoms with E-state index in [4.69, 9.17) is 19.9 Å². The zero-order valence-corrected chi connectivity index (χ0v) is 57.4. The first-order valence-electron chi connectivity index (χ1n) is 32.9. The van der Waals surface area contributed by atoms with Gasteiger partial charge in [0.2, 0.25) is 41.4 Å². The summed E-state index contributed by atoms with van der Waals surface area (Å²) < 4.78 is 17.7. The Hall–Kier alpha value is -7.97. The number of aliphatic hydroxyl groups is 1. The molecule has 0 aliphatic carbocycles. The van der Waals surface area contributed by atoms with E-state index in [1.165, 1.54) is 38.3 Å². The van der Waals surface area contributed by atoms with E-state index in [1.54, 1.807) is 109 Å². The normalized spacial score (nSPS) is 17.4. The van der Waals surface area contributed by atoms with Crippen LogP contribution in [-0.4, -0.2) is 192 Å². The number of primary amides is 1. The number of likely N-dealkylation sites (N-methyl/N-ethyl adjacent to an activating group) is 2. The fourth-order valence-corrected chi connectivity index (χ4v) is 12.1. The van der Waals surface area contributed by atoms with Gasteiger partial charge in [0, 0.05) is 72.2 Å². The molecular weight excluding hydrogens is 1210 g/mol. The number of methoxy groups -OCH3 is 2. The van der Waals surface area contributed by atoms with Gasteiger partial charge in [-0.3, -0.25) is 53.0 Å². The highest BCUT2D eigenvalue weighted by Gasteiger charge is 2.44. The molecule has 2 aliphatic heterocycles. The number of rotatable bonds is 38. The largest absolute Gasteiger partial charge is 0.445 e. The summed E-state index contributed by atoms with van der Waals surface area (Å²) in [6.07, 6.45) is 2.94. The highest BCUT2D eigenvalue weighted by atomic mass is 16.6. The van der Waals surface area contributed by atoms with Crippen LogP contribution in [0, 0.1) is 29.6 Å². The molecule has 2 aromatic rings. The molecule has 0 aromatic heterocycles. The maximum atomic E-state index is 14.8. The number of nitrogens with two attached hydrogens (primary N) is 1. The van der Waals surface area contributed by atoms with Crippen LogP contribution in [0.2, 0.25) is 0 Å². The summed E-state index contributed by atoms with van der Waals surface area (Å²) in [5.41, 5.74) is 6.77. The quantitative estimate of drug-likeness (QED) is 0.0321. The van der Waals surface area contributed by atoms with Crippen molar-refractivity contribution in [3.05, 3.63) is 77.9 Å². The van der Waals surface area contributed by atoms with E-state index in [9.17, 15) is 57.8 Å². The first-order valence-corrected chi connectivity index (χ1v) is 32.9. The fourth-order valence-electron chi connectivity index (χ4n) is 12.1. The highest BCUT2D eigenvalue weighted by Crippen LogP contribution is 2.31. The van der Waals surface area contributed by atoms with Gasteiger partial charge in [0.15, 0.2) is 0 Å². The number of aliphatic hydroxyl groups excluding tert-OH is 1. The Morgan fingerprint density at radius 3 is 1.93 bits per heavy atom. The molecule has 1 unspecified atom stereocenters. The molecular formula is C68H105N11O15. The van der Waals surface area contributed by atoms with Crippen LogP contribution >= 0.6 is 0 Å². The smallest absolute Gasteiger partial charge is 0.410 e. The van der Waals surface area contributed by atoms with E-state index < -0.39 is 114 Å². The number of carbonyl (C=O) groups is 11. The van der Waals surface area contributed by atoms with Gasteiger partial charge in [-0.05, 0) is 92.4 Å². The Morgan fingerprint density at radius 2 is 1.35 bits per heavy atom. The summed E-state index contributed by atoms with van der Waals surface area (Å²) in [6.45, 7) is 18.6. The maximum Gasteiger partial charge on any atom is 0.410 e. The number of nitrogens with zero attached hydrogens (tertiary/aromatic N) is 4.